The van der Waals surface area contributed by atoms with E-state index in [9.17, 15) is 9.90 Å². The van der Waals surface area contributed by atoms with Crippen molar-refractivity contribution in [2.75, 3.05) is 11.5 Å². The fraction of sp³-hybridized carbons (Fsp3) is 0.947. The third kappa shape index (κ3) is 19.8. The molecule has 0 aliphatic rings. The topological polar surface area (TPSA) is 40.1 Å². The molecule has 0 aromatic carbocycles. The summed E-state index contributed by atoms with van der Waals surface area (Å²) in [6.07, 6.45) is 18.3. The summed E-state index contributed by atoms with van der Waals surface area (Å²) in [5.41, 5.74) is 0. The molecule has 0 N–H and O–H groups in total. The highest BCUT2D eigenvalue weighted by Crippen LogP contribution is 2.14. The second-order valence-corrected chi connectivity index (χ2v) is 7.56. The zero-order chi connectivity index (χ0) is 16.3. The Morgan fingerprint density at radius 2 is 1.09 bits per heavy atom. The molecule has 0 spiro atoms. The zero-order valence-corrected chi connectivity index (χ0v) is 15.6. The fourth-order valence-electron chi connectivity index (χ4n) is 2.62. The quantitative estimate of drug-likeness (QED) is 0.319. The van der Waals surface area contributed by atoms with Gasteiger partial charge in [0, 0.05) is 5.97 Å². The minimum atomic E-state index is -0.904. The van der Waals surface area contributed by atoms with Gasteiger partial charge >= 0.3 is 0 Å². The van der Waals surface area contributed by atoms with Gasteiger partial charge < -0.3 is 9.90 Å². The number of rotatable bonds is 18. The molecule has 0 aromatic rings. The van der Waals surface area contributed by atoms with Crippen LogP contribution in [-0.2, 0) is 4.79 Å². The number of thioether (sulfide) groups is 1. The second-order valence-electron chi connectivity index (χ2n) is 6.33. The summed E-state index contributed by atoms with van der Waals surface area (Å²) in [4.78, 5) is 10.2. The van der Waals surface area contributed by atoms with Crippen molar-refractivity contribution in [3.05, 3.63) is 0 Å². The summed E-state index contributed by atoms with van der Waals surface area (Å²) >= 11 is 2.13. The molecule has 0 rings (SSSR count). The van der Waals surface area contributed by atoms with Gasteiger partial charge in [-0.2, -0.15) is 11.8 Å². The van der Waals surface area contributed by atoms with E-state index in [4.69, 9.17) is 0 Å². The average Bonchev–Trinajstić information content (AvgIpc) is 2.50. The molecule has 132 valence electrons. The molecule has 2 nitrogen and oxygen atoms in total. The Balaban J connectivity index is 2.95. The van der Waals surface area contributed by atoms with Gasteiger partial charge in [0.1, 0.15) is 0 Å². The van der Waals surface area contributed by atoms with Crippen LogP contribution in [-0.4, -0.2) is 17.5 Å². The van der Waals surface area contributed by atoms with Crippen molar-refractivity contribution in [1.82, 2.24) is 0 Å². The summed E-state index contributed by atoms with van der Waals surface area (Å²) in [5.74, 6) is 1.78. The summed E-state index contributed by atoms with van der Waals surface area (Å²) in [7, 11) is 0. The van der Waals surface area contributed by atoms with E-state index in [0.29, 0.717) is 0 Å². The molecule has 3 heteroatoms. The standard InChI is InChI=1S/C19H38O2S/c1-2-3-4-5-11-14-17-22-18-15-12-9-7-6-8-10-13-16-19(20)21/h2-18H2,1H3,(H,20,21)/p-1. The van der Waals surface area contributed by atoms with E-state index < -0.39 is 5.97 Å². The van der Waals surface area contributed by atoms with E-state index in [1.165, 1.54) is 88.6 Å². The molecule has 0 saturated heterocycles. The third-order valence-electron chi connectivity index (χ3n) is 4.06. The molecule has 0 aromatic heterocycles. The van der Waals surface area contributed by atoms with E-state index in [2.05, 4.69) is 18.7 Å². The van der Waals surface area contributed by atoms with Crippen molar-refractivity contribution in [3.63, 3.8) is 0 Å². The minimum absolute atomic E-state index is 0.232. The van der Waals surface area contributed by atoms with Gasteiger partial charge in [0.05, 0.1) is 0 Å². The molecule has 0 fully saturated rings. The molecule has 0 bridgehead atoms. The molecule has 0 aliphatic carbocycles. The van der Waals surface area contributed by atoms with Gasteiger partial charge in [-0.3, -0.25) is 0 Å². The number of unbranched alkanes of at least 4 members (excludes halogenated alkanes) is 12. The van der Waals surface area contributed by atoms with E-state index in [0.717, 1.165) is 12.8 Å². The van der Waals surface area contributed by atoms with Crippen LogP contribution in [0.1, 0.15) is 103 Å². The predicted octanol–water partition coefficient (Wildman–Crippen LogP) is 5.34. The molecule has 0 saturated carbocycles. The zero-order valence-electron chi connectivity index (χ0n) is 14.7. The van der Waals surface area contributed by atoms with Gasteiger partial charge in [-0.1, -0.05) is 77.6 Å². The summed E-state index contributed by atoms with van der Waals surface area (Å²) in [5, 5.41) is 10.2. The highest BCUT2D eigenvalue weighted by atomic mass is 32.2. The van der Waals surface area contributed by atoms with Gasteiger partial charge in [-0.05, 0) is 37.2 Å². The second kappa shape index (κ2) is 18.9. The molecular formula is C19H37O2S-. The summed E-state index contributed by atoms with van der Waals surface area (Å²) in [6.45, 7) is 2.27. The average molecular weight is 330 g/mol. The first kappa shape index (κ1) is 21.8. The van der Waals surface area contributed by atoms with Crippen LogP contribution < -0.4 is 5.11 Å². The van der Waals surface area contributed by atoms with Crippen LogP contribution in [0.3, 0.4) is 0 Å². The van der Waals surface area contributed by atoms with Crippen LogP contribution >= 0.6 is 11.8 Å². The molecular weight excluding hydrogens is 292 g/mol. The monoisotopic (exact) mass is 329 g/mol. The molecule has 0 heterocycles. The minimum Gasteiger partial charge on any atom is -0.550 e. The van der Waals surface area contributed by atoms with Crippen LogP contribution in [0.25, 0.3) is 0 Å². The van der Waals surface area contributed by atoms with Gasteiger partial charge in [-0.25, -0.2) is 0 Å². The van der Waals surface area contributed by atoms with Crippen molar-refractivity contribution in [1.29, 1.82) is 0 Å². The van der Waals surface area contributed by atoms with Crippen molar-refractivity contribution >= 4 is 17.7 Å². The number of carbonyl (C=O) groups excluding carboxylic acids is 1. The Kier molecular flexibility index (Phi) is 18.7. The van der Waals surface area contributed by atoms with E-state index in [-0.39, 0.29) is 6.42 Å². The number of carbonyl (C=O) groups is 1. The number of carboxylic acids is 1. The summed E-state index contributed by atoms with van der Waals surface area (Å²) < 4.78 is 0. The number of aliphatic carboxylic acids is 1. The van der Waals surface area contributed by atoms with Gasteiger partial charge in [-0.15, -0.1) is 0 Å². The highest BCUT2D eigenvalue weighted by Gasteiger charge is 1.95. The Morgan fingerprint density at radius 3 is 1.55 bits per heavy atom. The Hall–Kier alpha value is -0.180. The first-order chi connectivity index (χ1) is 10.8. The fourth-order valence-corrected chi connectivity index (χ4v) is 3.64. The number of hydrogen-bond acceptors (Lipinski definition) is 3. The largest absolute Gasteiger partial charge is 0.550 e. The van der Waals surface area contributed by atoms with E-state index in [1.54, 1.807) is 0 Å². The van der Waals surface area contributed by atoms with Crippen LogP contribution in [0.4, 0.5) is 0 Å². The maximum absolute atomic E-state index is 10.2. The highest BCUT2D eigenvalue weighted by molar-refractivity contribution is 7.99. The van der Waals surface area contributed by atoms with Crippen LogP contribution in [0, 0.1) is 0 Å². The van der Waals surface area contributed by atoms with Crippen LogP contribution in [0.2, 0.25) is 0 Å². The predicted molar refractivity (Wildman–Crippen MR) is 97.3 cm³/mol. The molecule has 0 atom stereocenters. The number of carboxylic acid groups (broad SMARTS) is 1. The maximum Gasteiger partial charge on any atom is 0.0414 e. The van der Waals surface area contributed by atoms with Crippen LogP contribution in [0.15, 0.2) is 0 Å². The molecule has 0 unspecified atom stereocenters. The molecule has 22 heavy (non-hydrogen) atoms. The lowest BCUT2D eigenvalue weighted by molar-refractivity contribution is -0.305. The van der Waals surface area contributed by atoms with Gasteiger partial charge in [0.15, 0.2) is 0 Å². The molecule has 0 amide bonds. The smallest absolute Gasteiger partial charge is 0.0414 e. The van der Waals surface area contributed by atoms with E-state index >= 15 is 0 Å². The first-order valence-electron chi connectivity index (χ1n) is 9.55. The summed E-state index contributed by atoms with van der Waals surface area (Å²) in [6, 6.07) is 0. The normalized spacial score (nSPS) is 11.0. The lowest BCUT2D eigenvalue weighted by Gasteiger charge is -2.04. The SMILES string of the molecule is CCCCCCCCSCCCCCCCCCCC(=O)[O-]. The van der Waals surface area contributed by atoms with Gasteiger partial charge in [0.2, 0.25) is 0 Å². The van der Waals surface area contributed by atoms with Crippen molar-refractivity contribution in [3.8, 4) is 0 Å². The van der Waals surface area contributed by atoms with Crippen LogP contribution in [0.5, 0.6) is 0 Å². The Morgan fingerprint density at radius 1 is 0.682 bits per heavy atom. The van der Waals surface area contributed by atoms with Gasteiger partial charge in [0.25, 0.3) is 0 Å². The van der Waals surface area contributed by atoms with Crippen molar-refractivity contribution < 1.29 is 9.90 Å². The third-order valence-corrected chi connectivity index (χ3v) is 5.22. The lowest BCUT2D eigenvalue weighted by atomic mass is 10.1. The van der Waals surface area contributed by atoms with Crippen molar-refractivity contribution in [2.45, 2.75) is 103 Å². The number of hydrogen-bond donors (Lipinski definition) is 0. The molecule has 0 radical (unpaired) electrons. The first-order valence-corrected chi connectivity index (χ1v) is 10.7. The lowest BCUT2D eigenvalue weighted by Crippen LogP contribution is -2.21. The van der Waals surface area contributed by atoms with Crippen molar-refractivity contribution in [2.24, 2.45) is 0 Å². The Bertz CT molecular complexity index is 231. The maximum atomic E-state index is 10.2. The Labute approximate surface area is 142 Å². The molecule has 0 aliphatic heterocycles. The van der Waals surface area contributed by atoms with E-state index in [1.807, 2.05) is 0 Å².